The first-order chi connectivity index (χ1) is 15.4. The lowest BCUT2D eigenvalue weighted by Crippen LogP contribution is -2.45. The third-order valence-electron chi connectivity index (χ3n) is 6.86. The van der Waals surface area contributed by atoms with Gasteiger partial charge in [0.15, 0.2) is 6.33 Å². The van der Waals surface area contributed by atoms with Crippen LogP contribution in [0.1, 0.15) is 37.9 Å². The molecule has 0 saturated carbocycles. The van der Waals surface area contributed by atoms with Crippen LogP contribution in [0.4, 0.5) is 0 Å². The van der Waals surface area contributed by atoms with E-state index in [9.17, 15) is 14.7 Å². The number of esters is 1. The molecule has 0 radical (unpaired) electrons. The van der Waals surface area contributed by atoms with Crippen LogP contribution in [0.5, 0.6) is 0 Å². The minimum Gasteiger partial charge on any atom is -0.456 e. The van der Waals surface area contributed by atoms with Crippen molar-refractivity contribution >= 4 is 11.9 Å². The van der Waals surface area contributed by atoms with E-state index in [-0.39, 0.29) is 29.9 Å². The Hall–Kier alpha value is -3.11. The highest BCUT2D eigenvalue weighted by atomic mass is 16.5. The minimum absolute atomic E-state index is 0.0541. The van der Waals surface area contributed by atoms with Crippen LogP contribution in [0.15, 0.2) is 42.4 Å². The van der Waals surface area contributed by atoms with Crippen LogP contribution >= 0.6 is 0 Å². The standard InChI is InChI=1S/C22H26N6O4/c1-15-11-22(21(31)27(15)18-10-20(30)32-13-18)6-8-26(9-7-22)12-19(29)16-2-4-17(5-3-16)28-24-14-23-25-28/h2-5,10,14-15,19,29H,6-9,11-13H2,1H3/t15-,19+/m0/s1. The number of tetrazole rings is 1. The Morgan fingerprint density at radius 3 is 2.59 bits per heavy atom. The number of ether oxygens (including phenoxy) is 1. The summed E-state index contributed by atoms with van der Waals surface area (Å²) in [6, 6.07) is 7.50. The molecule has 10 heteroatoms. The number of carbonyl (C=O) groups excluding carboxylic acids is 2. The van der Waals surface area contributed by atoms with Crippen LogP contribution in [0.25, 0.3) is 5.69 Å². The van der Waals surface area contributed by atoms with Crippen LogP contribution in [0.2, 0.25) is 0 Å². The SMILES string of the molecule is C[C@H]1CC2(CCN(C[C@@H](O)c3ccc(-n4ncnn4)cc3)CC2)C(=O)N1C1=CC(=O)OC1. The fourth-order valence-corrected chi connectivity index (χ4v) is 5.16. The van der Waals surface area contributed by atoms with Crippen molar-refractivity contribution in [2.24, 2.45) is 5.41 Å². The van der Waals surface area contributed by atoms with Crippen molar-refractivity contribution in [1.29, 1.82) is 0 Å². The van der Waals surface area contributed by atoms with E-state index in [1.165, 1.54) is 17.2 Å². The van der Waals surface area contributed by atoms with Gasteiger partial charge in [-0.05, 0) is 62.2 Å². The fourth-order valence-electron chi connectivity index (χ4n) is 5.16. The van der Waals surface area contributed by atoms with Gasteiger partial charge in [0, 0.05) is 18.7 Å². The maximum atomic E-state index is 13.3. The first-order valence-corrected chi connectivity index (χ1v) is 10.9. The topological polar surface area (TPSA) is 114 Å². The van der Waals surface area contributed by atoms with E-state index in [4.69, 9.17) is 4.74 Å². The third-order valence-corrected chi connectivity index (χ3v) is 6.86. The third kappa shape index (κ3) is 3.69. The van der Waals surface area contributed by atoms with Crippen molar-refractivity contribution in [3.05, 3.63) is 47.9 Å². The van der Waals surface area contributed by atoms with E-state index in [0.717, 1.165) is 43.6 Å². The number of hydrogen-bond acceptors (Lipinski definition) is 8. The summed E-state index contributed by atoms with van der Waals surface area (Å²) in [5.74, 6) is -0.276. The first kappa shape index (κ1) is 20.8. The van der Waals surface area contributed by atoms with Gasteiger partial charge in [-0.25, -0.2) is 4.79 Å². The highest BCUT2D eigenvalue weighted by Crippen LogP contribution is 2.46. The molecule has 0 bridgehead atoms. The molecule has 1 spiro atoms. The summed E-state index contributed by atoms with van der Waals surface area (Å²) >= 11 is 0. The van der Waals surface area contributed by atoms with Crippen LogP contribution < -0.4 is 0 Å². The molecule has 3 aliphatic rings. The van der Waals surface area contributed by atoms with Gasteiger partial charge in [0.05, 0.1) is 22.9 Å². The Balaban J connectivity index is 1.19. The smallest absolute Gasteiger partial charge is 0.333 e. The average molecular weight is 438 g/mol. The number of nitrogens with zero attached hydrogens (tertiary/aromatic N) is 6. The number of aromatic nitrogens is 4. The highest BCUT2D eigenvalue weighted by Gasteiger charge is 2.52. The maximum Gasteiger partial charge on any atom is 0.333 e. The summed E-state index contributed by atoms with van der Waals surface area (Å²) in [5.41, 5.74) is 1.89. The second-order valence-corrected chi connectivity index (χ2v) is 8.89. The Kier molecular flexibility index (Phi) is 5.26. The number of amides is 1. The van der Waals surface area contributed by atoms with E-state index in [2.05, 4.69) is 20.3 Å². The molecule has 1 amide bonds. The molecule has 10 nitrogen and oxygen atoms in total. The Labute approximate surface area is 185 Å². The van der Waals surface area contributed by atoms with Gasteiger partial charge in [-0.2, -0.15) is 0 Å². The van der Waals surface area contributed by atoms with E-state index >= 15 is 0 Å². The number of carbonyl (C=O) groups is 2. The van der Waals surface area contributed by atoms with E-state index in [1.807, 2.05) is 31.2 Å². The lowest BCUT2D eigenvalue weighted by atomic mass is 9.76. The molecule has 2 saturated heterocycles. The molecule has 2 atom stereocenters. The zero-order valence-corrected chi connectivity index (χ0v) is 17.9. The number of likely N-dealkylation sites (tertiary alicyclic amines) is 2. The molecule has 4 heterocycles. The molecule has 0 aliphatic carbocycles. The zero-order valence-electron chi connectivity index (χ0n) is 17.9. The number of hydrogen-bond donors (Lipinski definition) is 1. The summed E-state index contributed by atoms with van der Waals surface area (Å²) in [4.78, 5) is 30.2. The predicted molar refractivity (Wildman–Crippen MR) is 112 cm³/mol. The first-order valence-electron chi connectivity index (χ1n) is 10.9. The van der Waals surface area contributed by atoms with Crippen molar-refractivity contribution in [2.75, 3.05) is 26.2 Å². The van der Waals surface area contributed by atoms with Crippen LogP contribution in [-0.2, 0) is 14.3 Å². The largest absolute Gasteiger partial charge is 0.456 e. The number of cyclic esters (lactones) is 1. The molecule has 32 heavy (non-hydrogen) atoms. The quantitative estimate of drug-likeness (QED) is 0.683. The molecular formula is C22H26N6O4. The summed E-state index contributed by atoms with van der Waals surface area (Å²) in [6.45, 7) is 4.22. The van der Waals surface area contributed by atoms with Crippen LogP contribution in [-0.4, -0.2) is 79.3 Å². The monoisotopic (exact) mass is 438 g/mol. The predicted octanol–water partition coefficient (Wildman–Crippen LogP) is 0.839. The lowest BCUT2D eigenvalue weighted by Gasteiger charge is -2.38. The Morgan fingerprint density at radius 1 is 1.22 bits per heavy atom. The van der Waals surface area contributed by atoms with E-state index in [0.29, 0.717) is 12.2 Å². The van der Waals surface area contributed by atoms with Gasteiger partial charge in [-0.15, -0.1) is 15.0 Å². The molecule has 1 N–H and O–H groups in total. The molecule has 5 rings (SSSR count). The molecular weight excluding hydrogens is 412 g/mol. The van der Waals surface area contributed by atoms with Gasteiger partial charge in [-0.3, -0.25) is 4.79 Å². The van der Waals surface area contributed by atoms with Crippen molar-refractivity contribution in [3.8, 4) is 5.69 Å². The van der Waals surface area contributed by atoms with E-state index < -0.39 is 6.10 Å². The normalized spacial score (nSPS) is 24.1. The van der Waals surface area contributed by atoms with Gasteiger partial charge >= 0.3 is 5.97 Å². The number of β-amino-alcohol motifs (C(OH)–C–C–N with tert-alkyl or cyclic N) is 1. The van der Waals surface area contributed by atoms with Crippen molar-refractivity contribution < 1.29 is 19.4 Å². The van der Waals surface area contributed by atoms with Gasteiger partial charge in [0.1, 0.15) is 6.61 Å². The second-order valence-electron chi connectivity index (χ2n) is 8.89. The lowest BCUT2D eigenvalue weighted by molar-refractivity contribution is -0.139. The molecule has 0 unspecified atom stereocenters. The molecule has 2 aromatic rings. The Bertz CT molecular complexity index is 1030. The molecule has 168 valence electrons. The van der Waals surface area contributed by atoms with Crippen molar-refractivity contribution in [2.45, 2.75) is 38.3 Å². The average Bonchev–Trinajstić information content (AvgIpc) is 3.52. The highest BCUT2D eigenvalue weighted by molar-refractivity contribution is 5.91. The van der Waals surface area contributed by atoms with Gasteiger partial charge in [0.2, 0.25) is 5.91 Å². The summed E-state index contributed by atoms with van der Waals surface area (Å²) in [6.07, 6.45) is 4.47. The Morgan fingerprint density at radius 2 is 1.97 bits per heavy atom. The molecule has 2 fully saturated rings. The number of piperidine rings is 1. The fraction of sp³-hybridized carbons (Fsp3) is 0.500. The molecule has 1 aromatic heterocycles. The second kappa shape index (κ2) is 8.10. The zero-order chi connectivity index (χ0) is 22.3. The maximum absolute atomic E-state index is 13.3. The summed E-state index contributed by atoms with van der Waals surface area (Å²) in [5, 5.41) is 22.3. The number of benzene rings is 1. The van der Waals surface area contributed by atoms with Gasteiger partial charge < -0.3 is 19.6 Å². The molecule has 3 aliphatic heterocycles. The molecule has 1 aromatic carbocycles. The van der Waals surface area contributed by atoms with Crippen LogP contribution in [0, 0.1) is 5.41 Å². The van der Waals surface area contributed by atoms with E-state index in [1.54, 1.807) is 4.90 Å². The minimum atomic E-state index is -0.622. The number of aliphatic hydroxyl groups is 1. The van der Waals surface area contributed by atoms with Crippen LogP contribution in [0.3, 0.4) is 0 Å². The van der Waals surface area contributed by atoms with Crippen molar-refractivity contribution in [1.82, 2.24) is 30.0 Å². The van der Waals surface area contributed by atoms with Gasteiger partial charge in [0.25, 0.3) is 0 Å². The van der Waals surface area contributed by atoms with Gasteiger partial charge in [-0.1, -0.05) is 12.1 Å². The number of aliphatic hydroxyl groups excluding tert-OH is 1. The van der Waals surface area contributed by atoms with Crippen molar-refractivity contribution in [3.63, 3.8) is 0 Å². The summed E-state index contributed by atoms with van der Waals surface area (Å²) in [7, 11) is 0. The summed E-state index contributed by atoms with van der Waals surface area (Å²) < 4.78 is 5.01. The number of rotatable bonds is 5.